The summed E-state index contributed by atoms with van der Waals surface area (Å²) in [5, 5.41) is 13.4. The number of rotatable bonds is 6. The summed E-state index contributed by atoms with van der Waals surface area (Å²) in [6.45, 7) is 1.63. The Bertz CT molecular complexity index is 907. The highest BCUT2D eigenvalue weighted by atomic mass is 79.9. The largest absolute Gasteiger partial charge is 0.546 e. The van der Waals surface area contributed by atoms with Crippen molar-refractivity contribution in [2.24, 2.45) is 0 Å². The van der Waals surface area contributed by atoms with Gasteiger partial charge in [-0.2, -0.15) is 0 Å². The van der Waals surface area contributed by atoms with E-state index in [0.29, 0.717) is 23.7 Å². The monoisotopic (exact) mass is 416 g/mol. The van der Waals surface area contributed by atoms with Gasteiger partial charge in [-0.15, -0.1) is 0 Å². The Morgan fingerprint density at radius 1 is 1.19 bits per heavy atom. The van der Waals surface area contributed by atoms with Crippen LogP contribution >= 0.6 is 15.9 Å². The maximum Gasteiger partial charge on any atom is 0.256 e. The first-order valence-corrected chi connectivity index (χ1v) is 8.69. The fraction of sp³-hybridized carbons (Fsp3) is 0.158. The zero-order valence-corrected chi connectivity index (χ0v) is 15.5. The Balaban J connectivity index is 1.96. The van der Waals surface area contributed by atoms with Gasteiger partial charge in [0.15, 0.2) is 11.5 Å². The van der Waals surface area contributed by atoms with Crippen LogP contribution in [0.5, 0.6) is 11.5 Å². The van der Waals surface area contributed by atoms with Crippen molar-refractivity contribution in [3.8, 4) is 11.5 Å². The molecule has 0 saturated heterocycles. The molecule has 134 valence electrons. The number of carboxylic acids is 1. The molecule has 1 N–H and O–H groups in total. The van der Waals surface area contributed by atoms with E-state index in [1.54, 1.807) is 24.3 Å². The van der Waals surface area contributed by atoms with Crippen LogP contribution in [-0.2, 0) is 9.59 Å². The van der Waals surface area contributed by atoms with Crippen LogP contribution in [0.4, 0.5) is 5.69 Å². The lowest BCUT2D eigenvalue weighted by molar-refractivity contribution is -0.307. The standard InChI is InChI=1S/C19H16BrNO5/c1-2-25-17-8-11(3-6-16(17)26-10-18(22)23)7-14-13-9-12(20)4-5-15(13)21-19(14)24/h3-9H,2,10H2,1H3,(H,21,24)(H,22,23)/p-1/b14-7-. The van der Waals surface area contributed by atoms with E-state index in [0.717, 1.165) is 21.3 Å². The highest BCUT2D eigenvalue weighted by Gasteiger charge is 2.24. The number of fused-ring (bicyclic) bond motifs is 1. The van der Waals surface area contributed by atoms with Crippen molar-refractivity contribution in [2.45, 2.75) is 6.92 Å². The molecular weight excluding hydrogens is 402 g/mol. The van der Waals surface area contributed by atoms with Gasteiger partial charge in [-0.3, -0.25) is 4.79 Å². The molecule has 1 amide bonds. The predicted molar refractivity (Wildman–Crippen MR) is 98.8 cm³/mol. The minimum atomic E-state index is -1.32. The number of carbonyl (C=O) groups is 2. The zero-order valence-electron chi connectivity index (χ0n) is 13.9. The third kappa shape index (κ3) is 3.88. The summed E-state index contributed by atoms with van der Waals surface area (Å²) in [4.78, 5) is 22.9. The average molecular weight is 417 g/mol. The lowest BCUT2D eigenvalue weighted by Gasteiger charge is -2.13. The molecule has 3 rings (SSSR count). The molecule has 0 aliphatic carbocycles. The smallest absolute Gasteiger partial charge is 0.256 e. The Morgan fingerprint density at radius 3 is 2.73 bits per heavy atom. The van der Waals surface area contributed by atoms with E-state index in [4.69, 9.17) is 9.47 Å². The fourth-order valence-electron chi connectivity index (χ4n) is 2.61. The molecule has 26 heavy (non-hydrogen) atoms. The third-order valence-electron chi connectivity index (χ3n) is 3.69. The van der Waals surface area contributed by atoms with Crippen LogP contribution in [0, 0.1) is 0 Å². The summed E-state index contributed by atoms with van der Waals surface area (Å²) < 4.78 is 11.6. The second-order valence-electron chi connectivity index (χ2n) is 5.50. The average Bonchev–Trinajstić information content (AvgIpc) is 2.89. The Labute approximate surface area is 158 Å². The van der Waals surface area contributed by atoms with Crippen LogP contribution in [0.25, 0.3) is 11.6 Å². The van der Waals surface area contributed by atoms with Gasteiger partial charge in [0.2, 0.25) is 0 Å². The molecule has 2 aromatic carbocycles. The number of halogens is 1. The molecule has 0 atom stereocenters. The highest BCUT2D eigenvalue weighted by Crippen LogP contribution is 2.36. The first-order chi connectivity index (χ1) is 12.5. The number of nitrogens with one attached hydrogen (secondary N) is 1. The summed E-state index contributed by atoms with van der Waals surface area (Å²) in [5.41, 5.74) is 2.82. The summed E-state index contributed by atoms with van der Waals surface area (Å²) in [7, 11) is 0. The molecule has 0 radical (unpaired) electrons. The van der Waals surface area contributed by atoms with Gasteiger partial charge in [0.1, 0.15) is 6.61 Å². The SMILES string of the molecule is CCOc1cc(/C=C2\C(=O)Nc3ccc(Br)cc32)ccc1OCC(=O)[O-]. The van der Waals surface area contributed by atoms with Crippen molar-refractivity contribution in [2.75, 3.05) is 18.5 Å². The summed E-state index contributed by atoms with van der Waals surface area (Å²) in [5.74, 6) is -0.801. The van der Waals surface area contributed by atoms with Crippen LogP contribution in [0.2, 0.25) is 0 Å². The van der Waals surface area contributed by atoms with Crippen LogP contribution in [0.3, 0.4) is 0 Å². The van der Waals surface area contributed by atoms with Gasteiger partial charge in [0, 0.05) is 21.3 Å². The highest BCUT2D eigenvalue weighted by molar-refractivity contribution is 9.10. The van der Waals surface area contributed by atoms with Crippen molar-refractivity contribution >= 4 is 45.1 Å². The first kappa shape index (κ1) is 18.0. The van der Waals surface area contributed by atoms with Gasteiger partial charge in [-0.05, 0) is 48.9 Å². The number of hydrogen-bond acceptors (Lipinski definition) is 5. The molecule has 1 heterocycles. The third-order valence-corrected chi connectivity index (χ3v) is 4.18. The molecule has 0 aromatic heterocycles. The number of ether oxygens (including phenoxy) is 2. The number of amides is 1. The number of benzene rings is 2. The zero-order chi connectivity index (χ0) is 18.7. The van der Waals surface area contributed by atoms with Gasteiger partial charge in [-0.1, -0.05) is 22.0 Å². The molecule has 0 unspecified atom stereocenters. The van der Waals surface area contributed by atoms with Gasteiger partial charge in [-0.25, -0.2) is 0 Å². The molecule has 0 spiro atoms. The van der Waals surface area contributed by atoms with Crippen LogP contribution in [0.15, 0.2) is 40.9 Å². The van der Waals surface area contributed by atoms with Crippen molar-refractivity contribution in [3.05, 3.63) is 52.0 Å². The maximum absolute atomic E-state index is 12.3. The molecule has 0 saturated carbocycles. The number of carbonyl (C=O) groups excluding carboxylic acids is 2. The van der Waals surface area contributed by atoms with Gasteiger partial charge in [0.25, 0.3) is 5.91 Å². The van der Waals surface area contributed by atoms with E-state index < -0.39 is 12.6 Å². The molecule has 0 fully saturated rings. The van der Waals surface area contributed by atoms with E-state index in [2.05, 4.69) is 21.2 Å². The summed E-state index contributed by atoms with van der Waals surface area (Å²) in [6, 6.07) is 10.6. The molecule has 1 aliphatic heterocycles. The maximum atomic E-state index is 12.3. The summed E-state index contributed by atoms with van der Waals surface area (Å²) in [6.07, 6.45) is 1.75. The van der Waals surface area contributed by atoms with E-state index in [-0.39, 0.29) is 5.91 Å². The molecule has 7 heteroatoms. The number of anilines is 1. The fourth-order valence-corrected chi connectivity index (χ4v) is 2.97. The number of carboxylic acid groups (broad SMARTS) is 1. The first-order valence-electron chi connectivity index (χ1n) is 7.90. The molecule has 1 aliphatic rings. The van der Waals surface area contributed by atoms with Gasteiger partial charge < -0.3 is 24.7 Å². The number of aliphatic carboxylic acids is 1. The lowest BCUT2D eigenvalue weighted by atomic mass is 10.0. The Hall–Kier alpha value is -2.80. The Morgan fingerprint density at radius 2 is 2.00 bits per heavy atom. The molecular formula is C19H15BrNO5-. The predicted octanol–water partition coefficient (Wildman–Crippen LogP) is 2.47. The van der Waals surface area contributed by atoms with Gasteiger partial charge in [0.05, 0.1) is 12.6 Å². The molecule has 2 aromatic rings. The Kier molecular flexibility index (Phi) is 5.27. The minimum Gasteiger partial charge on any atom is -0.546 e. The van der Waals surface area contributed by atoms with Crippen LogP contribution < -0.4 is 19.9 Å². The quantitative estimate of drug-likeness (QED) is 0.730. The normalized spacial score (nSPS) is 14.1. The van der Waals surface area contributed by atoms with Gasteiger partial charge >= 0.3 is 0 Å². The molecule has 6 nitrogen and oxygen atoms in total. The minimum absolute atomic E-state index is 0.187. The van der Waals surface area contributed by atoms with E-state index >= 15 is 0 Å². The lowest BCUT2D eigenvalue weighted by Crippen LogP contribution is -2.29. The van der Waals surface area contributed by atoms with Crippen LogP contribution in [-0.4, -0.2) is 25.1 Å². The second-order valence-corrected chi connectivity index (χ2v) is 6.42. The van der Waals surface area contributed by atoms with E-state index in [9.17, 15) is 14.7 Å². The van der Waals surface area contributed by atoms with Crippen molar-refractivity contribution in [3.63, 3.8) is 0 Å². The van der Waals surface area contributed by atoms with E-state index in [1.807, 2.05) is 25.1 Å². The second kappa shape index (κ2) is 7.61. The van der Waals surface area contributed by atoms with E-state index in [1.165, 1.54) is 0 Å². The van der Waals surface area contributed by atoms with Crippen molar-refractivity contribution < 1.29 is 24.2 Å². The summed E-state index contributed by atoms with van der Waals surface area (Å²) >= 11 is 3.41. The topological polar surface area (TPSA) is 87.7 Å². The number of hydrogen-bond donors (Lipinski definition) is 1. The van der Waals surface area contributed by atoms with Crippen molar-refractivity contribution in [1.82, 2.24) is 0 Å². The molecule has 0 bridgehead atoms. The van der Waals surface area contributed by atoms with Crippen molar-refractivity contribution in [1.29, 1.82) is 0 Å². The van der Waals surface area contributed by atoms with Crippen LogP contribution in [0.1, 0.15) is 18.1 Å².